The lowest BCUT2D eigenvalue weighted by molar-refractivity contribution is -0.143. The molecule has 0 aliphatic heterocycles. The Kier molecular flexibility index (Phi) is 7.21. The van der Waals surface area contributed by atoms with Crippen LogP contribution in [0.2, 0.25) is 5.15 Å². The lowest BCUT2D eigenvalue weighted by Gasteiger charge is -2.15. The van der Waals surface area contributed by atoms with Crippen molar-refractivity contribution < 1.29 is 35.5 Å². The topological polar surface area (TPSA) is 42.0 Å². The maximum atomic E-state index is 13.4. The fourth-order valence-corrected chi connectivity index (χ4v) is 3.46. The zero-order valence-corrected chi connectivity index (χ0v) is 18.2. The molecule has 0 saturated carbocycles. The van der Waals surface area contributed by atoms with Crippen LogP contribution >= 0.6 is 11.6 Å². The molecule has 1 amide bonds. The van der Waals surface area contributed by atoms with Gasteiger partial charge in [-0.25, -0.2) is 9.37 Å². The summed E-state index contributed by atoms with van der Waals surface area (Å²) < 4.78 is 91.7. The SMILES string of the molecule is Cc1cc(F)ccc1Cc1cc(Cl)ncc1C(=O)NCc1cc(C(F)(F)F)cc(C(F)(F)F)c1. The molecule has 0 atom stereocenters. The monoisotopic (exact) mass is 504 g/mol. The largest absolute Gasteiger partial charge is 0.416 e. The molecular formula is C23H16ClF7N2O. The van der Waals surface area contributed by atoms with Crippen molar-refractivity contribution in [2.75, 3.05) is 0 Å². The number of aryl methyl sites for hydroxylation is 1. The summed E-state index contributed by atoms with van der Waals surface area (Å²) in [4.78, 5) is 16.6. The van der Waals surface area contributed by atoms with Crippen LogP contribution in [0.5, 0.6) is 0 Å². The lowest BCUT2D eigenvalue weighted by Crippen LogP contribution is -2.25. The van der Waals surface area contributed by atoms with Crippen LogP contribution in [0.1, 0.15) is 43.7 Å². The quantitative estimate of drug-likeness (QED) is 0.309. The van der Waals surface area contributed by atoms with E-state index in [1.807, 2.05) is 0 Å². The van der Waals surface area contributed by atoms with Gasteiger partial charge in [0.2, 0.25) is 0 Å². The Morgan fingerprint density at radius 3 is 2.12 bits per heavy atom. The zero-order chi connectivity index (χ0) is 25.3. The van der Waals surface area contributed by atoms with Crippen molar-refractivity contribution in [3.05, 3.63) is 98.6 Å². The molecule has 3 nitrogen and oxygen atoms in total. The summed E-state index contributed by atoms with van der Waals surface area (Å²) in [5, 5.41) is 2.39. The van der Waals surface area contributed by atoms with Crippen LogP contribution < -0.4 is 5.32 Å². The molecule has 1 heterocycles. The first kappa shape index (κ1) is 25.5. The van der Waals surface area contributed by atoms with Gasteiger partial charge in [0.15, 0.2) is 0 Å². The normalized spacial score (nSPS) is 12.0. The predicted octanol–water partition coefficient (Wildman–Crippen LogP) is 6.74. The molecular weight excluding hydrogens is 489 g/mol. The second-order valence-electron chi connectivity index (χ2n) is 7.51. The number of nitrogens with one attached hydrogen (secondary N) is 1. The molecule has 3 aromatic rings. The van der Waals surface area contributed by atoms with Gasteiger partial charge >= 0.3 is 12.4 Å². The highest BCUT2D eigenvalue weighted by Crippen LogP contribution is 2.36. The summed E-state index contributed by atoms with van der Waals surface area (Å²) in [6.45, 7) is 1.08. The average molecular weight is 505 g/mol. The van der Waals surface area contributed by atoms with Crippen molar-refractivity contribution in [2.45, 2.75) is 32.2 Å². The van der Waals surface area contributed by atoms with Gasteiger partial charge in [-0.1, -0.05) is 17.7 Å². The van der Waals surface area contributed by atoms with Crippen LogP contribution in [0, 0.1) is 12.7 Å². The second-order valence-corrected chi connectivity index (χ2v) is 7.90. The third-order valence-electron chi connectivity index (χ3n) is 4.99. The number of rotatable bonds is 5. The summed E-state index contributed by atoms with van der Waals surface area (Å²) in [5.74, 6) is -1.21. The summed E-state index contributed by atoms with van der Waals surface area (Å²) in [6.07, 6.45) is -8.68. The van der Waals surface area contributed by atoms with Crippen LogP contribution in [0.4, 0.5) is 30.7 Å². The molecule has 0 aliphatic carbocycles. The minimum Gasteiger partial charge on any atom is -0.348 e. The number of alkyl halides is 6. The number of hydrogen-bond donors (Lipinski definition) is 1. The molecule has 1 aromatic heterocycles. The molecule has 1 N–H and O–H groups in total. The van der Waals surface area contributed by atoms with Gasteiger partial charge in [-0.05, 0) is 72.0 Å². The Balaban J connectivity index is 1.87. The Labute approximate surface area is 194 Å². The Bertz CT molecular complexity index is 1190. The zero-order valence-electron chi connectivity index (χ0n) is 17.4. The van der Waals surface area contributed by atoms with E-state index in [2.05, 4.69) is 10.3 Å². The first-order chi connectivity index (χ1) is 15.7. The van der Waals surface area contributed by atoms with E-state index < -0.39 is 41.7 Å². The minimum atomic E-state index is -5.00. The van der Waals surface area contributed by atoms with E-state index >= 15 is 0 Å². The van der Waals surface area contributed by atoms with Crippen LogP contribution in [-0.4, -0.2) is 10.9 Å². The van der Waals surface area contributed by atoms with Gasteiger partial charge in [-0.15, -0.1) is 0 Å². The first-order valence-electron chi connectivity index (χ1n) is 9.70. The van der Waals surface area contributed by atoms with Gasteiger partial charge in [0, 0.05) is 12.7 Å². The minimum absolute atomic E-state index is 0.0115. The number of nitrogens with zero attached hydrogens (tertiary/aromatic N) is 1. The van der Waals surface area contributed by atoms with Crippen LogP contribution in [0.25, 0.3) is 0 Å². The molecule has 0 bridgehead atoms. The van der Waals surface area contributed by atoms with Gasteiger partial charge in [0.25, 0.3) is 5.91 Å². The molecule has 0 aliphatic rings. The van der Waals surface area contributed by atoms with Gasteiger partial charge < -0.3 is 5.32 Å². The Morgan fingerprint density at radius 1 is 0.941 bits per heavy atom. The van der Waals surface area contributed by atoms with Gasteiger partial charge in [0.05, 0.1) is 16.7 Å². The standard InChI is InChI=1S/C23H16ClF7N2O/c1-12-4-18(25)3-2-14(12)7-15-8-20(24)32-11-19(15)21(34)33-10-13-5-16(22(26,27)28)9-17(6-13)23(29,30)31/h2-6,8-9,11H,7,10H2,1H3,(H,33,34). The third kappa shape index (κ3) is 6.25. The van der Waals surface area contributed by atoms with Crippen molar-refractivity contribution in [3.63, 3.8) is 0 Å². The van der Waals surface area contributed by atoms with Crippen molar-refractivity contribution in [3.8, 4) is 0 Å². The molecule has 0 radical (unpaired) electrons. The molecule has 0 spiro atoms. The van der Waals surface area contributed by atoms with Crippen LogP contribution in [0.3, 0.4) is 0 Å². The molecule has 11 heteroatoms. The number of benzene rings is 2. The second kappa shape index (κ2) is 9.61. The van der Waals surface area contributed by atoms with E-state index in [4.69, 9.17) is 11.6 Å². The van der Waals surface area contributed by atoms with E-state index in [9.17, 15) is 35.5 Å². The number of aromatic nitrogens is 1. The summed E-state index contributed by atoms with van der Waals surface area (Å²) >= 11 is 5.93. The highest BCUT2D eigenvalue weighted by atomic mass is 35.5. The van der Waals surface area contributed by atoms with Crippen LogP contribution in [0.15, 0.2) is 48.7 Å². The maximum absolute atomic E-state index is 13.4. The number of carbonyl (C=O) groups is 1. The van der Waals surface area contributed by atoms with E-state index in [-0.39, 0.29) is 28.8 Å². The molecule has 0 fully saturated rings. The maximum Gasteiger partial charge on any atom is 0.416 e. The molecule has 180 valence electrons. The van der Waals surface area contributed by atoms with Gasteiger partial charge in [-0.2, -0.15) is 26.3 Å². The summed E-state index contributed by atoms with van der Waals surface area (Å²) in [5.41, 5.74) is -1.62. The van der Waals surface area contributed by atoms with E-state index in [0.717, 1.165) is 6.20 Å². The number of hydrogen-bond acceptors (Lipinski definition) is 2. The fraction of sp³-hybridized carbons (Fsp3) is 0.217. The highest BCUT2D eigenvalue weighted by molar-refractivity contribution is 6.29. The average Bonchev–Trinajstić information content (AvgIpc) is 2.72. The lowest BCUT2D eigenvalue weighted by atomic mass is 9.97. The van der Waals surface area contributed by atoms with Crippen LogP contribution in [-0.2, 0) is 25.3 Å². The Hall–Kier alpha value is -3.14. The molecule has 3 rings (SSSR count). The van der Waals surface area contributed by atoms with Crippen molar-refractivity contribution in [2.24, 2.45) is 0 Å². The third-order valence-corrected chi connectivity index (χ3v) is 5.19. The fourth-order valence-electron chi connectivity index (χ4n) is 3.28. The van der Waals surface area contributed by atoms with E-state index in [1.165, 1.54) is 24.3 Å². The molecule has 0 unspecified atom stereocenters. The number of halogens is 8. The van der Waals surface area contributed by atoms with Crippen molar-refractivity contribution in [1.29, 1.82) is 0 Å². The first-order valence-corrected chi connectivity index (χ1v) is 10.1. The smallest absolute Gasteiger partial charge is 0.348 e. The predicted molar refractivity (Wildman–Crippen MR) is 111 cm³/mol. The van der Waals surface area contributed by atoms with Gasteiger partial charge in [0.1, 0.15) is 11.0 Å². The van der Waals surface area contributed by atoms with E-state index in [0.29, 0.717) is 28.8 Å². The summed E-state index contributed by atoms with van der Waals surface area (Å²) in [6, 6.07) is 6.59. The number of amides is 1. The highest BCUT2D eigenvalue weighted by Gasteiger charge is 2.36. The molecule has 34 heavy (non-hydrogen) atoms. The van der Waals surface area contributed by atoms with Gasteiger partial charge in [-0.3, -0.25) is 4.79 Å². The summed E-state index contributed by atoms with van der Waals surface area (Å²) in [7, 11) is 0. The van der Waals surface area contributed by atoms with Crippen molar-refractivity contribution >= 4 is 17.5 Å². The Morgan fingerprint density at radius 2 is 1.56 bits per heavy atom. The van der Waals surface area contributed by atoms with E-state index in [1.54, 1.807) is 6.92 Å². The molecule has 2 aromatic carbocycles. The molecule has 0 saturated heterocycles. The van der Waals surface area contributed by atoms with Crippen molar-refractivity contribution in [1.82, 2.24) is 10.3 Å². The number of pyridine rings is 1. The number of carbonyl (C=O) groups excluding carboxylic acids is 1.